The summed E-state index contributed by atoms with van der Waals surface area (Å²) in [5, 5.41) is 0.117. The van der Waals surface area contributed by atoms with Gasteiger partial charge in [0.05, 0.1) is 18.4 Å². The van der Waals surface area contributed by atoms with E-state index < -0.39 is 5.69 Å². The zero-order valence-electron chi connectivity index (χ0n) is 11.3. The molecule has 0 spiro atoms. The molecule has 6 heteroatoms. The van der Waals surface area contributed by atoms with Gasteiger partial charge in [-0.15, -0.1) is 0 Å². The average molecular weight is 295 g/mol. The van der Waals surface area contributed by atoms with E-state index in [1.165, 1.54) is 0 Å². The van der Waals surface area contributed by atoms with Gasteiger partial charge in [-0.25, -0.2) is 9.36 Å². The maximum absolute atomic E-state index is 12.4. The molecule has 0 unspecified atom stereocenters. The van der Waals surface area contributed by atoms with Gasteiger partial charge in [0.2, 0.25) is 0 Å². The Morgan fingerprint density at radius 3 is 2.45 bits per heavy atom. The molecule has 1 aromatic heterocycles. The first-order valence-electron chi connectivity index (χ1n) is 6.26. The van der Waals surface area contributed by atoms with Crippen LogP contribution < -0.4 is 16.0 Å². The highest BCUT2D eigenvalue weighted by Gasteiger charge is 2.13. The first-order valence-corrected chi connectivity index (χ1v) is 6.64. The second-order valence-electron chi connectivity index (χ2n) is 4.31. The van der Waals surface area contributed by atoms with Crippen molar-refractivity contribution >= 4 is 11.6 Å². The minimum Gasteiger partial charge on any atom is -0.497 e. The molecule has 2 aromatic rings. The molecular weight excluding hydrogens is 280 g/mol. The molecule has 20 heavy (non-hydrogen) atoms. The van der Waals surface area contributed by atoms with Gasteiger partial charge in [-0.05, 0) is 30.7 Å². The van der Waals surface area contributed by atoms with Crippen LogP contribution in [0, 0.1) is 0 Å². The summed E-state index contributed by atoms with van der Waals surface area (Å²) < 4.78 is 6.13. The number of halogens is 1. The van der Waals surface area contributed by atoms with Gasteiger partial charge in [-0.3, -0.25) is 9.78 Å². The minimum absolute atomic E-state index is 0.117. The van der Waals surface area contributed by atoms with Crippen molar-refractivity contribution in [3.63, 3.8) is 0 Å². The number of nitrogens with zero attached hydrogens (tertiary/aromatic N) is 1. The summed E-state index contributed by atoms with van der Waals surface area (Å²) in [6.07, 6.45) is 1.29. The lowest BCUT2D eigenvalue weighted by atomic mass is 10.2. The summed E-state index contributed by atoms with van der Waals surface area (Å²) in [4.78, 5) is 26.8. The fourth-order valence-electron chi connectivity index (χ4n) is 1.98. The van der Waals surface area contributed by atoms with Gasteiger partial charge in [-0.1, -0.05) is 24.9 Å². The lowest BCUT2D eigenvalue weighted by Gasteiger charge is -2.09. The smallest absolute Gasteiger partial charge is 0.334 e. The standard InChI is InChI=1S/C14H15ClN2O3/c1-3-4-11-12(15)16-14(19)17(13(11)18)9-5-7-10(20-2)8-6-9/h5-8H,3-4H2,1-2H3,(H,16,19). The Hall–Kier alpha value is -2.01. The van der Waals surface area contributed by atoms with E-state index in [-0.39, 0.29) is 10.7 Å². The van der Waals surface area contributed by atoms with Crippen molar-refractivity contribution in [1.29, 1.82) is 0 Å². The summed E-state index contributed by atoms with van der Waals surface area (Å²) in [5.74, 6) is 0.654. The molecule has 5 nitrogen and oxygen atoms in total. The fraction of sp³-hybridized carbons (Fsp3) is 0.286. The number of methoxy groups -OCH3 is 1. The summed E-state index contributed by atoms with van der Waals surface area (Å²) in [7, 11) is 1.55. The van der Waals surface area contributed by atoms with Crippen LogP contribution in [-0.2, 0) is 6.42 Å². The number of hydrogen-bond donors (Lipinski definition) is 1. The molecule has 0 amide bonds. The molecule has 0 saturated heterocycles. The monoisotopic (exact) mass is 294 g/mol. The highest BCUT2D eigenvalue weighted by Crippen LogP contribution is 2.14. The van der Waals surface area contributed by atoms with Gasteiger partial charge in [-0.2, -0.15) is 0 Å². The van der Waals surface area contributed by atoms with Crippen LogP contribution in [0.1, 0.15) is 18.9 Å². The third-order valence-electron chi connectivity index (χ3n) is 2.98. The predicted molar refractivity (Wildman–Crippen MR) is 78.2 cm³/mol. The molecule has 0 fully saturated rings. The highest BCUT2D eigenvalue weighted by molar-refractivity contribution is 6.30. The van der Waals surface area contributed by atoms with Crippen LogP contribution in [-0.4, -0.2) is 16.7 Å². The fourth-order valence-corrected chi connectivity index (χ4v) is 2.23. The van der Waals surface area contributed by atoms with Gasteiger partial charge < -0.3 is 4.74 Å². The highest BCUT2D eigenvalue weighted by atomic mass is 35.5. The van der Waals surface area contributed by atoms with Gasteiger partial charge >= 0.3 is 5.69 Å². The van der Waals surface area contributed by atoms with E-state index in [9.17, 15) is 9.59 Å². The Bertz CT molecular complexity index is 717. The molecule has 0 aliphatic carbocycles. The van der Waals surface area contributed by atoms with Crippen molar-refractivity contribution in [2.24, 2.45) is 0 Å². The number of rotatable bonds is 4. The zero-order chi connectivity index (χ0) is 14.7. The van der Waals surface area contributed by atoms with Crippen molar-refractivity contribution in [3.05, 3.63) is 55.8 Å². The number of ether oxygens (including phenoxy) is 1. The molecule has 1 N–H and O–H groups in total. The Balaban J connectivity index is 2.64. The Morgan fingerprint density at radius 1 is 1.25 bits per heavy atom. The molecule has 0 atom stereocenters. The third kappa shape index (κ3) is 2.63. The van der Waals surface area contributed by atoms with Crippen LogP contribution in [0.3, 0.4) is 0 Å². The summed E-state index contributed by atoms with van der Waals surface area (Å²) in [6.45, 7) is 1.94. The quantitative estimate of drug-likeness (QED) is 0.879. The van der Waals surface area contributed by atoms with E-state index in [2.05, 4.69) is 4.98 Å². The molecule has 0 aliphatic heterocycles. The Kier molecular flexibility index (Phi) is 4.29. The van der Waals surface area contributed by atoms with E-state index in [1.54, 1.807) is 31.4 Å². The van der Waals surface area contributed by atoms with E-state index in [4.69, 9.17) is 16.3 Å². The molecular formula is C14H15ClN2O3. The molecule has 0 bridgehead atoms. The van der Waals surface area contributed by atoms with Gasteiger partial charge in [0.15, 0.2) is 0 Å². The molecule has 0 saturated carbocycles. The first kappa shape index (κ1) is 14.4. The number of aromatic amines is 1. The van der Waals surface area contributed by atoms with Crippen LogP contribution in [0.15, 0.2) is 33.9 Å². The second-order valence-corrected chi connectivity index (χ2v) is 4.69. The molecule has 106 valence electrons. The van der Waals surface area contributed by atoms with Crippen molar-refractivity contribution in [2.75, 3.05) is 7.11 Å². The predicted octanol–water partition coefficient (Wildman–Crippen LogP) is 2.14. The van der Waals surface area contributed by atoms with Crippen LogP contribution in [0.25, 0.3) is 5.69 Å². The molecule has 1 aromatic carbocycles. The minimum atomic E-state index is -0.551. The van der Waals surface area contributed by atoms with E-state index >= 15 is 0 Å². The number of aromatic nitrogens is 2. The largest absolute Gasteiger partial charge is 0.497 e. The van der Waals surface area contributed by atoms with Crippen molar-refractivity contribution in [2.45, 2.75) is 19.8 Å². The second kappa shape index (κ2) is 5.96. The molecule has 1 heterocycles. The number of H-pyrrole nitrogens is 1. The van der Waals surface area contributed by atoms with Crippen LogP contribution in [0.4, 0.5) is 0 Å². The average Bonchev–Trinajstić information content (AvgIpc) is 2.44. The SMILES string of the molecule is CCCc1c(Cl)[nH]c(=O)n(-c2ccc(OC)cc2)c1=O. The maximum Gasteiger partial charge on any atom is 0.334 e. The van der Waals surface area contributed by atoms with E-state index in [0.29, 0.717) is 23.4 Å². The lowest BCUT2D eigenvalue weighted by Crippen LogP contribution is -2.36. The van der Waals surface area contributed by atoms with E-state index in [0.717, 1.165) is 11.0 Å². The van der Waals surface area contributed by atoms with Crippen molar-refractivity contribution in [1.82, 2.24) is 9.55 Å². The normalized spacial score (nSPS) is 10.6. The van der Waals surface area contributed by atoms with Gasteiger partial charge in [0, 0.05) is 0 Å². The first-order chi connectivity index (χ1) is 9.58. The van der Waals surface area contributed by atoms with Gasteiger partial charge in [0.1, 0.15) is 10.9 Å². The lowest BCUT2D eigenvalue weighted by molar-refractivity contribution is 0.414. The third-order valence-corrected chi connectivity index (χ3v) is 3.30. The Labute approximate surface area is 120 Å². The molecule has 0 aliphatic rings. The summed E-state index contributed by atoms with van der Waals surface area (Å²) >= 11 is 5.93. The van der Waals surface area contributed by atoms with Crippen molar-refractivity contribution < 1.29 is 4.74 Å². The Morgan fingerprint density at radius 2 is 1.90 bits per heavy atom. The van der Waals surface area contributed by atoms with Crippen molar-refractivity contribution in [3.8, 4) is 11.4 Å². The van der Waals surface area contributed by atoms with Gasteiger partial charge in [0.25, 0.3) is 5.56 Å². The number of nitrogens with one attached hydrogen (secondary N) is 1. The van der Waals surface area contributed by atoms with Crippen LogP contribution in [0.2, 0.25) is 5.15 Å². The summed E-state index contributed by atoms with van der Waals surface area (Å²) in [6, 6.07) is 6.68. The van der Waals surface area contributed by atoms with E-state index in [1.807, 2.05) is 6.92 Å². The zero-order valence-corrected chi connectivity index (χ0v) is 12.0. The molecule has 2 rings (SSSR count). The maximum atomic E-state index is 12.4. The van der Waals surface area contributed by atoms with Crippen LogP contribution >= 0.6 is 11.6 Å². The number of hydrogen-bond acceptors (Lipinski definition) is 3. The van der Waals surface area contributed by atoms with Crippen LogP contribution in [0.5, 0.6) is 5.75 Å². The number of benzene rings is 1. The molecule has 0 radical (unpaired) electrons. The topological polar surface area (TPSA) is 64.1 Å². The summed E-state index contributed by atoms with van der Waals surface area (Å²) in [5.41, 5.74) is -0.0357.